The van der Waals surface area contributed by atoms with Crippen molar-refractivity contribution in [1.82, 2.24) is 0 Å². The number of amides is 1. The highest BCUT2D eigenvalue weighted by Crippen LogP contribution is 2.21. The summed E-state index contributed by atoms with van der Waals surface area (Å²) in [6.07, 6.45) is 1.36. The van der Waals surface area contributed by atoms with Crippen molar-refractivity contribution in [3.8, 4) is 0 Å². The van der Waals surface area contributed by atoms with E-state index in [2.05, 4.69) is 4.74 Å². The van der Waals surface area contributed by atoms with Crippen LogP contribution in [-0.2, 0) is 14.3 Å². The maximum atomic E-state index is 11.9. The summed E-state index contributed by atoms with van der Waals surface area (Å²) in [7, 11) is 1.22. The highest BCUT2D eigenvalue weighted by atomic mass is 16.5. The van der Waals surface area contributed by atoms with Crippen molar-refractivity contribution in [3.05, 3.63) is 40.1 Å². The van der Waals surface area contributed by atoms with Crippen LogP contribution in [0.3, 0.4) is 0 Å². The second kappa shape index (κ2) is 4.75. The Labute approximate surface area is 108 Å². The molecule has 2 rings (SSSR count). The van der Waals surface area contributed by atoms with Gasteiger partial charge in [0.1, 0.15) is 11.3 Å². The minimum Gasteiger partial charge on any atom is -0.621 e. The number of carbonyl (C=O) groups excluding carboxylic acids is 3. The molecule has 1 atom stereocenters. The summed E-state index contributed by atoms with van der Waals surface area (Å²) in [6.45, 7) is 1.23. The summed E-state index contributed by atoms with van der Waals surface area (Å²) in [5.41, 5.74) is 0.603. The Morgan fingerprint density at radius 2 is 2.00 bits per heavy atom. The average Bonchev–Trinajstić information content (AvgIpc) is 2.41. The van der Waals surface area contributed by atoms with Gasteiger partial charge in [0.2, 0.25) is 0 Å². The monoisotopic (exact) mass is 261 g/mol. The van der Waals surface area contributed by atoms with Crippen molar-refractivity contribution in [3.63, 3.8) is 0 Å². The van der Waals surface area contributed by atoms with Crippen molar-refractivity contribution in [2.75, 3.05) is 7.11 Å². The zero-order valence-electron chi connectivity index (χ0n) is 10.4. The number of hydroxylamine groups is 1. The Morgan fingerprint density at radius 1 is 1.32 bits per heavy atom. The average molecular weight is 261 g/mol. The maximum absolute atomic E-state index is 11.9. The number of Topliss-reactive ketones (excluding diaryl/α,β-unsaturated/α-hetero) is 1. The molecule has 6 heteroatoms. The third-order valence-corrected chi connectivity index (χ3v) is 2.85. The highest BCUT2D eigenvalue weighted by molar-refractivity contribution is 6.20. The highest BCUT2D eigenvalue weighted by Gasteiger charge is 2.30. The van der Waals surface area contributed by atoms with Crippen LogP contribution in [0.15, 0.2) is 23.8 Å². The second-order valence-electron chi connectivity index (χ2n) is 4.07. The van der Waals surface area contributed by atoms with Crippen molar-refractivity contribution < 1.29 is 24.2 Å². The van der Waals surface area contributed by atoms with Gasteiger partial charge in [0.15, 0.2) is 5.78 Å². The molecule has 98 valence electrons. The number of fused-ring (bicyclic) bond motifs is 1. The molecule has 6 nitrogen and oxygen atoms in total. The van der Waals surface area contributed by atoms with E-state index in [1.54, 1.807) is 0 Å². The first kappa shape index (κ1) is 13.1. The number of ketones is 1. The standard InChI is InChI=1S/C13H11NO5/c1-7(15)10-5-8-3-4-9(13(17)19-2)6-11(8)14(18)12(10)16/h3-6,14H,1-2H3. The number of ether oxygens (including phenoxy) is 1. The number of methoxy groups -OCH3 is 1. The molecule has 1 aliphatic heterocycles. The SMILES string of the molecule is COC(=O)c1ccc2c(c1)[NH+]([O-])C(=O)C(C(C)=O)=C2. The fourth-order valence-corrected chi connectivity index (χ4v) is 1.85. The zero-order chi connectivity index (χ0) is 14.2. The second-order valence-corrected chi connectivity index (χ2v) is 4.07. The normalized spacial score (nSPS) is 17.5. The number of hydrogen-bond donors (Lipinski definition) is 1. The lowest BCUT2D eigenvalue weighted by Crippen LogP contribution is -3.06. The van der Waals surface area contributed by atoms with Gasteiger partial charge in [-0.1, -0.05) is 0 Å². The van der Waals surface area contributed by atoms with Crippen LogP contribution in [0, 0.1) is 5.21 Å². The van der Waals surface area contributed by atoms with Gasteiger partial charge in [-0.2, -0.15) is 0 Å². The maximum Gasteiger partial charge on any atom is 0.352 e. The van der Waals surface area contributed by atoms with Crippen molar-refractivity contribution in [2.45, 2.75) is 6.92 Å². The Bertz CT molecular complexity index is 617. The van der Waals surface area contributed by atoms with E-state index in [1.165, 1.54) is 38.3 Å². The molecule has 19 heavy (non-hydrogen) atoms. The summed E-state index contributed by atoms with van der Waals surface area (Å²) in [5, 5.41) is 11.1. The van der Waals surface area contributed by atoms with Gasteiger partial charge < -0.3 is 9.94 Å². The molecule has 1 amide bonds. The molecule has 0 bridgehead atoms. The van der Waals surface area contributed by atoms with Gasteiger partial charge in [0.25, 0.3) is 0 Å². The predicted octanol–water partition coefficient (Wildman–Crippen LogP) is -0.000000000000000167. The van der Waals surface area contributed by atoms with Crippen LogP contribution in [0.1, 0.15) is 22.8 Å². The first-order chi connectivity index (χ1) is 8.95. The van der Waals surface area contributed by atoms with Gasteiger partial charge in [-0.15, -0.1) is 0 Å². The number of rotatable bonds is 2. The molecule has 0 saturated carbocycles. The van der Waals surface area contributed by atoms with Crippen LogP contribution in [0.2, 0.25) is 0 Å². The number of nitrogens with one attached hydrogen (secondary N) is 1. The third-order valence-electron chi connectivity index (χ3n) is 2.85. The molecular formula is C13H11NO5. The van der Waals surface area contributed by atoms with Crippen LogP contribution in [-0.4, -0.2) is 24.8 Å². The lowest BCUT2D eigenvalue weighted by atomic mass is 9.99. The molecule has 1 N–H and O–H groups in total. The largest absolute Gasteiger partial charge is 0.621 e. The molecule has 0 radical (unpaired) electrons. The Morgan fingerprint density at radius 3 is 2.58 bits per heavy atom. The molecule has 0 fully saturated rings. The summed E-state index contributed by atoms with van der Waals surface area (Å²) < 4.78 is 4.54. The first-order valence-corrected chi connectivity index (χ1v) is 5.49. The summed E-state index contributed by atoms with van der Waals surface area (Å²) in [6, 6.07) is 4.28. The molecule has 1 heterocycles. The molecule has 0 spiro atoms. The van der Waals surface area contributed by atoms with Gasteiger partial charge >= 0.3 is 11.9 Å². The zero-order valence-corrected chi connectivity index (χ0v) is 10.4. The Balaban J connectivity index is 2.56. The van der Waals surface area contributed by atoms with Gasteiger partial charge in [0.05, 0.1) is 12.7 Å². The Kier molecular flexibility index (Phi) is 3.28. The van der Waals surface area contributed by atoms with E-state index in [1.807, 2.05) is 0 Å². The smallest absolute Gasteiger partial charge is 0.352 e. The molecule has 0 aliphatic carbocycles. The minimum absolute atomic E-state index is 0.109. The number of benzene rings is 1. The van der Waals surface area contributed by atoms with E-state index in [9.17, 15) is 19.6 Å². The van der Waals surface area contributed by atoms with E-state index < -0.39 is 22.7 Å². The molecule has 0 aromatic heterocycles. The van der Waals surface area contributed by atoms with Crippen LogP contribution < -0.4 is 5.06 Å². The number of esters is 1. The lowest BCUT2D eigenvalue weighted by molar-refractivity contribution is -0.686. The fraction of sp³-hybridized carbons (Fsp3) is 0.154. The van der Waals surface area contributed by atoms with Crippen LogP contribution in [0.5, 0.6) is 0 Å². The quantitative estimate of drug-likeness (QED) is 0.460. The van der Waals surface area contributed by atoms with Gasteiger partial charge in [-0.25, -0.2) is 9.59 Å². The minimum atomic E-state index is -0.845. The number of hydrogen-bond acceptors (Lipinski definition) is 5. The molecular weight excluding hydrogens is 250 g/mol. The van der Waals surface area contributed by atoms with Gasteiger partial charge in [0, 0.05) is 11.6 Å². The first-order valence-electron chi connectivity index (χ1n) is 5.49. The fourth-order valence-electron chi connectivity index (χ4n) is 1.85. The third kappa shape index (κ3) is 2.18. The van der Waals surface area contributed by atoms with E-state index in [0.29, 0.717) is 5.56 Å². The molecule has 1 aromatic rings. The summed E-state index contributed by atoms with van der Waals surface area (Å²) >= 11 is 0. The predicted molar refractivity (Wildman–Crippen MR) is 65.4 cm³/mol. The number of quaternary nitrogens is 1. The van der Waals surface area contributed by atoms with Gasteiger partial charge in [-0.3, -0.25) is 9.86 Å². The van der Waals surface area contributed by atoms with E-state index in [-0.39, 0.29) is 16.8 Å². The topological polar surface area (TPSA) is 87.9 Å². The number of carbonyl (C=O) groups is 3. The van der Waals surface area contributed by atoms with E-state index in [4.69, 9.17) is 0 Å². The van der Waals surface area contributed by atoms with E-state index >= 15 is 0 Å². The van der Waals surface area contributed by atoms with Crippen LogP contribution in [0.25, 0.3) is 6.08 Å². The molecule has 1 aliphatic rings. The summed E-state index contributed by atoms with van der Waals surface area (Å²) in [4.78, 5) is 34.4. The molecule has 1 aromatic carbocycles. The van der Waals surface area contributed by atoms with Crippen LogP contribution >= 0.6 is 0 Å². The van der Waals surface area contributed by atoms with Crippen molar-refractivity contribution >= 4 is 29.4 Å². The van der Waals surface area contributed by atoms with Crippen molar-refractivity contribution in [2.24, 2.45) is 0 Å². The van der Waals surface area contributed by atoms with Gasteiger partial charge in [-0.05, 0) is 25.1 Å². The van der Waals surface area contributed by atoms with Crippen LogP contribution in [0.4, 0.5) is 5.69 Å². The van der Waals surface area contributed by atoms with Crippen molar-refractivity contribution in [1.29, 1.82) is 0 Å². The molecule has 1 unspecified atom stereocenters. The lowest BCUT2D eigenvalue weighted by Gasteiger charge is -2.25. The summed E-state index contributed by atoms with van der Waals surface area (Å²) in [5.74, 6) is -1.90. The molecule has 0 saturated heterocycles. The Hall–Kier alpha value is -2.31. The van der Waals surface area contributed by atoms with E-state index in [0.717, 1.165) is 0 Å².